The highest BCUT2D eigenvalue weighted by molar-refractivity contribution is 7.10. The van der Waals surface area contributed by atoms with Crippen LogP contribution in [0.15, 0.2) is 47.8 Å². The van der Waals surface area contributed by atoms with Crippen LogP contribution >= 0.6 is 11.3 Å². The number of ether oxygens (including phenoxy) is 2. The van der Waals surface area contributed by atoms with Crippen molar-refractivity contribution in [2.24, 2.45) is 0 Å². The Balaban J connectivity index is 1.27. The van der Waals surface area contributed by atoms with Gasteiger partial charge < -0.3 is 14.4 Å². The molecule has 4 nitrogen and oxygen atoms in total. The monoisotopic (exact) mass is 359 g/mol. The van der Waals surface area contributed by atoms with Crippen molar-refractivity contribution in [1.82, 2.24) is 4.90 Å². The van der Waals surface area contributed by atoms with Crippen molar-refractivity contribution in [2.75, 3.05) is 26.3 Å². The number of thiophene rings is 1. The molecule has 1 aliphatic heterocycles. The smallest absolute Gasteiger partial charge is 0.227 e. The molecule has 1 aromatic carbocycles. The Morgan fingerprint density at radius 3 is 2.60 bits per heavy atom. The van der Waals surface area contributed by atoms with E-state index in [0.29, 0.717) is 26.2 Å². The van der Waals surface area contributed by atoms with Crippen LogP contribution in [0.2, 0.25) is 0 Å². The van der Waals surface area contributed by atoms with Gasteiger partial charge in [0.15, 0.2) is 0 Å². The van der Waals surface area contributed by atoms with Crippen molar-refractivity contribution in [3.8, 4) is 0 Å². The quantitative estimate of drug-likeness (QED) is 0.677. The Kier molecular flexibility index (Phi) is 7.03. The standard InChI is InChI=1S/C20H25NO3S/c22-20(15-19-7-4-14-25-19)21-10-8-18(9-11-21)24-13-12-23-16-17-5-2-1-3-6-17/h1-7,14,18H,8-13,15-16H2. The van der Waals surface area contributed by atoms with Gasteiger partial charge in [-0.1, -0.05) is 36.4 Å². The highest BCUT2D eigenvalue weighted by Gasteiger charge is 2.23. The summed E-state index contributed by atoms with van der Waals surface area (Å²) >= 11 is 1.64. The van der Waals surface area contributed by atoms with Gasteiger partial charge in [-0.15, -0.1) is 11.3 Å². The fourth-order valence-electron chi connectivity index (χ4n) is 2.98. The minimum Gasteiger partial charge on any atom is -0.376 e. The van der Waals surface area contributed by atoms with Gasteiger partial charge in [-0.2, -0.15) is 0 Å². The summed E-state index contributed by atoms with van der Waals surface area (Å²) in [5.74, 6) is 0.229. The third-order valence-corrected chi connectivity index (χ3v) is 5.27. The molecule has 0 saturated carbocycles. The summed E-state index contributed by atoms with van der Waals surface area (Å²) < 4.78 is 11.5. The lowest BCUT2D eigenvalue weighted by molar-refractivity contribution is -0.133. The second-order valence-corrected chi connectivity index (χ2v) is 7.28. The summed E-state index contributed by atoms with van der Waals surface area (Å²) in [4.78, 5) is 15.4. The first-order chi connectivity index (χ1) is 12.3. The van der Waals surface area contributed by atoms with Gasteiger partial charge in [0.25, 0.3) is 0 Å². The fourth-order valence-corrected chi connectivity index (χ4v) is 3.68. The van der Waals surface area contributed by atoms with E-state index in [1.165, 1.54) is 5.56 Å². The van der Waals surface area contributed by atoms with E-state index in [1.807, 2.05) is 40.6 Å². The van der Waals surface area contributed by atoms with Crippen LogP contribution in [0.5, 0.6) is 0 Å². The molecule has 1 fully saturated rings. The van der Waals surface area contributed by atoms with Crippen molar-refractivity contribution < 1.29 is 14.3 Å². The molecule has 134 valence electrons. The Labute approximate surface area is 153 Å². The molecule has 1 aromatic heterocycles. The molecule has 25 heavy (non-hydrogen) atoms. The molecule has 0 spiro atoms. The van der Waals surface area contributed by atoms with E-state index in [1.54, 1.807) is 11.3 Å². The molecule has 0 aliphatic carbocycles. The van der Waals surface area contributed by atoms with Crippen LogP contribution in [0.1, 0.15) is 23.3 Å². The second-order valence-electron chi connectivity index (χ2n) is 6.25. The van der Waals surface area contributed by atoms with Crippen molar-refractivity contribution >= 4 is 17.2 Å². The molecule has 1 aliphatic rings. The average Bonchev–Trinajstić information content (AvgIpc) is 3.16. The fraction of sp³-hybridized carbons (Fsp3) is 0.450. The van der Waals surface area contributed by atoms with Gasteiger partial charge in [-0.3, -0.25) is 4.79 Å². The highest BCUT2D eigenvalue weighted by Crippen LogP contribution is 2.16. The lowest BCUT2D eigenvalue weighted by atomic mass is 10.1. The normalized spacial score (nSPS) is 15.4. The SMILES string of the molecule is O=C(Cc1cccs1)N1CCC(OCCOCc2ccccc2)CC1. The summed E-state index contributed by atoms with van der Waals surface area (Å²) in [5, 5.41) is 2.02. The molecule has 1 amide bonds. The summed E-state index contributed by atoms with van der Waals surface area (Å²) in [6, 6.07) is 14.2. The predicted molar refractivity (Wildman–Crippen MR) is 99.7 cm³/mol. The minimum absolute atomic E-state index is 0.229. The Morgan fingerprint density at radius 1 is 1.08 bits per heavy atom. The van der Waals surface area contributed by atoms with Gasteiger partial charge in [0.2, 0.25) is 5.91 Å². The molecule has 5 heteroatoms. The lowest BCUT2D eigenvalue weighted by Crippen LogP contribution is -2.41. The number of piperidine rings is 1. The summed E-state index contributed by atoms with van der Waals surface area (Å²) in [6.07, 6.45) is 2.59. The first kappa shape index (κ1) is 18.1. The zero-order valence-electron chi connectivity index (χ0n) is 14.4. The highest BCUT2D eigenvalue weighted by atomic mass is 32.1. The molecule has 2 heterocycles. The number of benzene rings is 1. The maximum Gasteiger partial charge on any atom is 0.227 e. The maximum absolute atomic E-state index is 12.3. The molecule has 0 N–H and O–H groups in total. The number of likely N-dealkylation sites (tertiary alicyclic amines) is 1. The third-order valence-electron chi connectivity index (χ3n) is 4.39. The van der Waals surface area contributed by atoms with E-state index in [9.17, 15) is 4.79 Å². The Morgan fingerprint density at radius 2 is 1.88 bits per heavy atom. The number of carbonyl (C=O) groups excluding carboxylic acids is 1. The third kappa shape index (κ3) is 5.96. The van der Waals surface area contributed by atoms with Gasteiger partial charge in [0, 0.05) is 18.0 Å². The molecular formula is C20H25NO3S. The van der Waals surface area contributed by atoms with E-state index < -0.39 is 0 Å². The van der Waals surface area contributed by atoms with Gasteiger partial charge in [0.05, 0.1) is 32.3 Å². The zero-order valence-corrected chi connectivity index (χ0v) is 15.2. The van der Waals surface area contributed by atoms with Crippen molar-refractivity contribution in [2.45, 2.75) is 32.0 Å². The van der Waals surface area contributed by atoms with Crippen molar-refractivity contribution in [3.05, 3.63) is 58.3 Å². The Bertz CT molecular complexity index is 622. The number of nitrogens with zero attached hydrogens (tertiary/aromatic N) is 1. The first-order valence-corrected chi connectivity index (χ1v) is 9.72. The molecule has 0 radical (unpaired) electrons. The van der Waals surface area contributed by atoms with Crippen LogP contribution < -0.4 is 0 Å². The zero-order chi connectivity index (χ0) is 17.3. The lowest BCUT2D eigenvalue weighted by Gasteiger charge is -2.32. The maximum atomic E-state index is 12.3. The predicted octanol–water partition coefficient (Wildman–Crippen LogP) is 3.52. The molecule has 0 atom stereocenters. The number of amides is 1. The van der Waals surface area contributed by atoms with E-state index in [2.05, 4.69) is 12.1 Å². The molecule has 3 rings (SSSR count). The van der Waals surface area contributed by atoms with Crippen LogP contribution in [0.25, 0.3) is 0 Å². The van der Waals surface area contributed by atoms with Crippen LogP contribution in [0.4, 0.5) is 0 Å². The van der Waals surface area contributed by atoms with E-state index >= 15 is 0 Å². The number of rotatable bonds is 8. The van der Waals surface area contributed by atoms with Crippen molar-refractivity contribution in [1.29, 1.82) is 0 Å². The average molecular weight is 359 g/mol. The first-order valence-electron chi connectivity index (χ1n) is 8.84. The van der Waals surface area contributed by atoms with Crippen LogP contribution in [-0.2, 0) is 27.3 Å². The molecule has 0 bridgehead atoms. The second kappa shape index (κ2) is 9.70. The van der Waals surface area contributed by atoms with Gasteiger partial charge in [-0.25, -0.2) is 0 Å². The van der Waals surface area contributed by atoms with Crippen LogP contribution in [-0.4, -0.2) is 43.2 Å². The molecule has 2 aromatic rings. The van der Waals surface area contributed by atoms with Gasteiger partial charge in [0.1, 0.15) is 0 Å². The minimum atomic E-state index is 0.229. The summed E-state index contributed by atoms with van der Waals surface area (Å²) in [7, 11) is 0. The van der Waals surface area contributed by atoms with E-state index in [4.69, 9.17) is 9.47 Å². The summed E-state index contributed by atoms with van der Waals surface area (Å²) in [5.41, 5.74) is 1.18. The number of hydrogen-bond acceptors (Lipinski definition) is 4. The topological polar surface area (TPSA) is 38.8 Å². The van der Waals surface area contributed by atoms with Gasteiger partial charge >= 0.3 is 0 Å². The summed E-state index contributed by atoms with van der Waals surface area (Å²) in [6.45, 7) is 3.42. The van der Waals surface area contributed by atoms with Crippen molar-refractivity contribution in [3.63, 3.8) is 0 Å². The molecular weight excluding hydrogens is 334 g/mol. The Hall–Kier alpha value is -1.69. The molecule has 0 unspecified atom stereocenters. The van der Waals surface area contributed by atoms with Crippen LogP contribution in [0, 0.1) is 0 Å². The van der Waals surface area contributed by atoms with E-state index in [0.717, 1.165) is 30.8 Å². The molecule has 1 saturated heterocycles. The van der Waals surface area contributed by atoms with E-state index in [-0.39, 0.29) is 12.0 Å². The number of hydrogen-bond donors (Lipinski definition) is 0. The van der Waals surface area contributed by atoms with Gasteiger partial charge in [-0.05, 0) is 29.9 Å². The van der Waals surface area contributed by atoms with Crippen LogP contribution in [0.3, 0.4) is 0 Å². The largest absolute Gasteiger partial charge is 0.376 e. The number of carbonyl (C=O) groups is 1.